The molecule has 0 aliphatic carbocycles. The number of amides is 4. The number of nitrogens with one attached hydrogen (secondary N) is 2. The van der Waals surface area contributed by atoms with Gasteiger partial charge in [-0.25, -0.2) is 9.59 Å². The minimum absolute atomic E-state index is 0.0356. The van der Waals surface area contributed by atoms with Crippen molar-refractivity contribution in [2.24, 2.45) is 0 Å². The first kappa shape index (κ1) is 20.4. The Balaban J connectivity index is 2.23. The third-order valence-corrected chi connectivity index (χ3v) is 3.20. The van der Waals surface area contributed by atoms with Crippen molar-refractivity contribution in [1.82, 2.24) is 10.6 Å². The second kappa shape index (κ2) is 9.58. The van der Waals surface area contributed by atoms with E-state index in [1.165, 1.54) is 13.8 Å². The number of ether oxygens (including phenoxy) is 3. The molecular formula is C16H22N2O7. The van der Waals surface area contributed by atoms with Crippen LogP contribution in [0.5, 0.6) is 0 Å². The van der Waals surface area contributed by atoms with Gasteiger partial charge >= 0.3 is 12.2 Å². The highest BCUT2D eigenvalue weighted by atomic mass is 16.6. The lowest BCUT2D eigenvalue weighted by molar-refractivity contribution is -0.117. The highest BCUT2D eigenvalue weighted by Crippen LogP contribution is 2.20. The van der Waals surface area contributed by atoms with E-state index in [9.17, 15) is 19.2 Å². The van der Waals surface area contributed by atoms with E-state index in [2.05, 4.69) is 13.2 Å². The van der Waals surface area contributed by atoms with Gasteiger partial charge in [-0.05, 0) is 26.7 Å². The smallest absolute Gasteiger partial charge is 0.414 e. The molecule has 1 rings (SSSR count). The van der Waals surface area contributed by atoms with Crippen LogP contribution in [0.4, 0.5) is 9.59 Å². The van der Waals surface area contributed by atoms with Gasteiger partial charge in [-0.1, -0.05) is 13.2 Å². The van der Waals surface area contributed by atoms with E-state index < -0.39 is 24.0 Å². The molecule has 4 amide bonds. The van der Waals surface area contributed by atoms with Crippen molar-refractivity contribution >= 4 is 24.0 Å². The van der Waals surface area contributed by atoms with E-state index in [4.69, 9.17) is 14.2 Å². The summed E-state index contributed by atoms with van der Waals surface area (Å²) < 4.78 is 15.3. The maximum absolute atomic E-state index is 11.4. The molecule has 1 saturated heterocycles. The van der Waals surface area contributed by atoms with Crippen LogP contribution >= 0.6 is 0 Å². The normalized spacial score (nSPS) is 18.8. The summed E-state index contributed by atoms with van der Waals surface area (Å²) in [4.78, 5) is 45.3. The Kier molecular flexibility index (Phi) is 7.80. The summed E-state index contributed by atoms with van der Waals surface area (Å²) in [5.41, 5.74) is 0.379. The van der Waals surface area contributed by atoms with Crippen LogP contribution in [-0.4, -0.2) is 49.4 Å². The lowest BCUT2D eigenvalue weighted by atomic mass is 10.2. The van der Waals surface area contributed by atoms with Crippen LogP contribution in [0.1, 0.15) is 26.7 Å². The van der Waals surface area contributed by atoms with Gasteiger partial charge in [0.05, 0.1) is 12.2 Å². The van der Waals surface area contributed by atoms with Crippen molar-refractivity contribution in [2.45, 2.75) is 38.9 Å². The number of carbonyl (C=O) groups is 4. The highest BCUT2D eigenvalue weighted by molar-refractivity contribution is 6.02. The molecule has 0 aromatic carbocycles. The van der Waals surface area contributed by atoms with E-state index in [1.807, 2.05) is 10.6 Å². The molecule has 2 N–H and O–H groups in total. The van der Waals surface area contributed by atoms with Crippen molar-refractivity contribution in [2.75, 3.05) is 13.2 Å². The molecule has 1 aliphatic heterocycles. The molecule has 0 spiro atoms. The van der Waals surface area contributed by atoms with Gasteiger partial charge in [-0.3, -0.25) is 20.2 Å². The third kappa shape index (κ3) is 7.62. The fourth-order valence-electron chi connectivity index (χ4n) is 1.83. The molecule has 0 bridgehead atoms. The van der Waals surface area contributed by atoms with Gasteiger partial charge in [0, 0.05) is 11.1 Å². The van der Waals surface area contributed by atoms with Crippen molar-refractivity contribution in [3.8, 4) is 0 Å². The summed E-state index contributed by atoms with van der Waals surface area (Å²) in [6.07, 6.45) is -1.29. The van der Waals surface area contributed by atoms with Gasteiger partial charge in [-0.15, -0.1) is 0 Å². The Morgan fingerprint density at radius 1 is 0.880 bits per heavy atom. The Morgan fingerprint density at radius 3 is 1.56 bits per heavy atom. The SMILES string of the molecule is C=C(C)C(=O)NC(=O)OC[C@@H]1CC[C@@H](COC(=O)NC(=O)C(=C)C)O1. The van der Waals surface area contributed by atoms with Crippen molar-refractivity contribution in [3.05, 3.63) is 24.3 Å². The van der Waals surface area contributed by atoms with E-state index in [0.717, 1.165) is 0 Å². The van der Waals surface area contributed by atoms with Crippen LogP contribution in [0.3, 0.4) is 0 Å². The lowest BCUT2D eigenvalue weighted by Gasteiger charge is -2.14. The first-order valence-corrected chi connectivity index (χ1v) is 7.61. The van der Waals surface area contributed by atoms with Crippen molar-refractivity contribution < 1.29 is 33.4 Å². The molecule has 1 heterocycles. The number of imide groups is 2. The fraction of sp³-hybridized carbons (Fsp3) is 0.500. The molecule has 0 aromatic heterocycles. The predicted octanol–water partition coefficient (Wildman–Crippen LogP) is 1.19. The highest BCUT2D eigenvalue weighted by Gasteiger charge is 2.27. The molecule has 0 unspecified atom stereocenters. The van der Waals surface area contributed by atoms with E-state index in [-0.39, 0.29) is 36.6 Å². The summed E-state index contributed by atoms with van der Waals surface area (Å²) >= 11 is 0. The molecule has 0 saturated carbocycles. The Labute approximate surface area is 145 Å². The molecule has 2 atom stereocenters. The zero-order valence-corrected chi connectivity index (χ0v) is 14.3. The van der Waals surface area contributed by atoms with Crippen LogP contribution in [0, 0.1) is 0 Å². The molecular weight excluding hydrogens is 332 g/mol. The van der Waals surface area contributed by atoms with Crippen LogP contribution in [0.25, 0.3) is 0 Å². The molecule has 9 heteroatoms. The van der Waals surface area contributed by atoms with Crippen LogP contribution in [0.2, 0.25) is 0 Å². The van der Waals surface area contributed by atoms with Crippen LogP contribution in [-0.2, 0) is 23.8 Å². The minimum atomic E-state index is -0.881. The molecule has 25 heavy (non-hydrogen) atoms. The fourth-order valence-corrected chi connectivity index (χ4v) is 1.83. The van der Waals surface area contributed by atoms with Crippen molar-refractivity contribution in [1.29, 1.82) is 0 Å². The van der Waals surface area contributed by atoms with Crippen LogP contribution in [0.15, 0.2) is 24.3 Å². The van der Waals surface area contributed by atoms with Crippen molar-refractivity contribution in [3.63, 3.8) is 0 Å². The van der Waals surface area contributed by atoms with Gasteiger partial charge in [0.1, 0.15) is 13.2 Å². The number of hydrogen-bond acceptors (Lipinski definition) is 7. The summed E-state index contributed by atoms with van der Waals surface area (Å²) in [5.74, 6) is -1.22. The summed E-state index contributed by atoms with van der Waals surface area (Å²) in [6.45, 7) is 9.66. The number of carbonyl (C=O) groups excluding carboxylic acids is 4. The first-order chi connectivity index (χ1) is 11.7. The van der Waals surface area contributed by atoms with E-state index >= 15 is 0 Å². The number of rotatable bonds is 6. The van der Waals surface area contributed by atoms with Gasteiger partial charge in [0.2, 0.25) is 0 Å². The van der Waals surface area contributed by atoms with Gasteiger partial charge in [-0.2, -0.15) is 0 Å². The average Bonchev–Trinajstić information content (AvgIpc) is 2.98. The molecule has 1 aliphatic rings. The average molecular weight is 354 g/mol. The largest absolute Gasteiger partial charge is 0.446 e. The quantitative estimate of drug-likeness (QED) is 0.687. The van der Waals surface area contributed by atoms with E-state index in [0.29, 0.717) is 12.8 Å². The molecule has 138 valence electrons. The zero-order chi connectivity index (χ0) is 19.0. The maximum Gasteiger partial charge on any atom is 0.414 e. The predicted molar refractivity (Wildman–Crippen MR) is 86.5 cm³/mol. The standard InChI is InChI=1S/C16H22N2O7/c1-9(2)13(19)17-15(21)23-7-11-5-6-12(25-11)8-24-16(22)18-14(20)10(3)4/h11-12H,1,3,5-8H2,2,4H3,(H,17,19,21)(H,18,20,22)/t11-,12-/m0/s1. The number of hydrogen-bond donors (Lipinski definition) is 2. The topological polar surface area (TPSA) is 120 Å². The second-order valence-corrected chi connectivity index (χ2v) is 5.62. The van der Waals surface area contributed by atoms with E-state index in [1.54, 1.807) is 0 Å². The zero-order valence-electron chi connectivity index (χ0n) is 14.3. The minimum Gasteiger partial charge on any atom is -0.446 e. The number of alkyl carbamates (subject to hydrolysis) is 2. The van der Waals surface area contributed by atoms with Gasteiger partial charge in [0.15, 0.2) is 0 Å². The molecule has 0 aromatic rings. The molecule has 1 fully saturated rings. The monoisotopic (exact) mass is 354 g/mol. The summed E-state index contributed by atoms with van der Waals surface area (Å²) in [6, 6.07) is 0. The molecule has 0 radical (unpaired) electrons. The summed E-state index contributed by atoms with van der Waals surface area (Å²) in [5, 5.41) is 4.02. The molecule has 9 nitrogen and oxygen atoms in total. The van der Waals surface area contributed by atoms with Gasteiger partial charge < -0.3 is 14.2 Å². The Morgan fingerprint density at radius 2 is 1.24 bits per heavy atom. The lowest BCUT2D eigenvalue weighted by Crippen LogP contribution is -2.34. The summed E-state index contributed by atoms with van der Waals surface area (Å²) in [7, 11) is 0. The van der Waals surface area contributed by atoms with Gasteiger partial charge in [0.25, 0.3) is 11.8 Å². The van der Waals surface area contributed by atoms with Crippen LogP contribution < -0.4 is 10.6 Å². The Bertz CT molecular complexity index is 535. The Hall–Kier alpha value is -2.68. The third-order valence-electron chi connectivity index (χ3n) is 3.20. The second-order valence-electron chi connectivity index (χ2n) is 5.62. The maximum atomic E-state index is 11.4. The first-order valence-electron chi connectivity index (χ1n) is 7.61.